The van der Waals surface area contributed by atoms with Gasteiger partial charge in [-0.1, -0.05) is 0 Å². The molecule has 0 aromatic rings. The summed E-state index contributed by atoms with van der Waals surface area (Å²) in [5.74, 6) is 0.677. The fourth-order valence-corrected chi connectivity index (χ4v) is 1.53. The summed E-state index contributed by atoms with van der Waals surface area (Å²) in [4.78, 5) is 11.4. The summed E-state index contributed by atoms with van der Waals surface area (Å²) in [6, 6.07) is 0.527. The van der Waals surface area contributed by atoms with Crippen molar-refractivity contribution in [1.29, 1.82) is 0 Å². The maximum atomic E-state index is 11.4. The van der Waals surface area contributed by atoms with Gasteiger partial charge >= 0.3 is 5.97 Å². The Labute approximate surface area is 86.2 Å². The van der Waals surface area contributed by atoms with Crippen LogP contribution in [0.5, 0.6) is 0 Å². The van der Waals surface area contributed by atoms with Gasteiger partial charge in [0, 0.05) is 12.6 Å². The van der Waals surface area contributed by atoms with Crippen molar-refractivity contribution in [1.82, 2.24) is 5.32 Å². The lowest BCUT2D eigenvalue weighted by Crippen LogP contribution is -2.41. The number of ether oxygens (including phenoxy) is 1. The van der Waals surface area contributed by atoms with Crippen LogP contribution in [0.2, 0.25) is 0 Å². The first-order chi connectivity index (χ1) is 6.47. The summed E-state index contributed by atoms with van der Waals surface area (Å²) in [5.41, 5.74) is -0.419. The number of carbonyl (C=O) groups is 1. The molecule has 14 heavy (non-hydrogen) atoms. The van der Waals surface area contributed by atoms with E-state index in [0.717, 1.165) is 5.92 Å². The van der Waals surface area contributed by atoms with E-state index >= 15 is 0 Å². The Morgan fingerprint density at radius 1 is 1.57 bits per heavy atom. The third-order valence-corrected chi connectivity index (χ3v) is 2.93. The Bertz CT molecular complexity index is 209. The number of carbonyl (C=O) groups excluding carboxylic acids is 1. The molecule has 1 aliphatic carbocycles. The predicted molar refractivity (Wildman–Crippen MR) is 56.0 cm³/mol. The van der Waals surface area contributed by atoms with Gasteiger partial charge in [-0.2, -0.15) is 0 Å². The second-order valence-electron chi connectivity index (χ2n) is 4.88. The van der Waals surface area contributed by atoms with Crippen molar-refractivity contribution in [3.63, 3.8) is 0 Å². The van der Waals surface area contributed by atoms with Gasteiger partial charge in [-0.3, -0.25) is 4.79 Å². The van der Waals surface area contributed by atoms with Gasteiger partial charge in [0.15, 0.2) is 0 Å². The largest absolute Gasteiger partial charge is 0.469 e. The van der Waals surface area contributed by atoms with Gasteiger partial charge in [0.1, 0.15) is 0 Å². The number of hydrogen-bond donors (Lipinski definition) is 1. The normalized spacial score (nSPS) is 19.1. The van der Waals surface area contributed by atoms with Crippen LogP contribution in [0.15, 0.2) is 0 Å². The number of esters is 1. The number of nitrogens with one attached hydrogen (secondary N) is 1. The summed E-state index contributed by atoms with van der Waals surface area (Å²) in [6.07, 6.45) is 2.65. The molecular weight excluding hydrogens is 178 g/mol. The molecule has 82 valence electrons. The van der Waals surface area contributed by atoms with Crippen LogP contribution in [0.4, 0.5) is 0 Å². The third-order valence-electron chi connectivity index (χ3n) is 2.93. The van der Waals surface area contributed by atoms with Gasteiger partial charge in [-0.15, -0.1) is 0 Å². The number of rotatable bonds is 5. The lowest BCUT2D eigenvalue weighted by molar-refractivity contribution is -0.150. The van der Waals surface area contributed by atoms with Crippen LogP contribution in [0.3, 0.4) is 0 Å². The zero-order valence-electron chi connectivity index (χ0n) is 9.59. The summed E-state index contributed by atoms with van der Waals surface area (Å²) < 4.78 is 4.74. The first-order valence-electron chi connectivity index (χ1n) is 5.29. The second kappa shape index (κ2) is 4.30. The van der Waals surface area contributed by atoms with Gasteiger partial charge in [0.05, 0.1) is 12.5 Å². The third kappa shape index (κ3) is 2.98. The first kappa shape index (κ1) is 11.5. The monoisotopic (exact) mass is 199 g/mol. The fraction of sp³-hybridized carbons (Fsp3) is 0.909. The van der Waals surface area contributed by atoms with Crippen molar-refractivity contribution in [2.75, 3.05) is 13.7 Å². The van der Waals surface area contributed by atoms with E-state index in [1.807, 2.05) is 13.8 Å². The average molecular weight is 199 g/mol. The van der Waals surface area contributed by atoms with Gasteiger partial charge in [-0.25, -0.2) is 0 Å². The van der Waals surface area contributed by atoms with Crippen LogP contribution >= 0.6 is 0 Å². The van der Waals surface area contributed by atoms with Crippen molar-refractivity contribution in [3.8, 4) is 0 Å². The molecule has 1 rings (SSSR count). The predicted octanol–water partition coefficient (Wildman–Crippen LogP) is 1.57. The maximum absolute atomic E-state index is 11.4. The van der Waals surface area contributed by atoms with Crippen LogP contribution in [-0.4, -0.2) is 25.7 Å². The van der Waals surface area contributed by atoms with Gasteiger partial charge in [0.25, 0.3) is 0 Å². The van der Waals surface area contributed by atoms with Crippen LogP contribution in [0.25, 0.3) is 0 Å². The zero-order chi connectivity index (χ0) is 10.8. The highest BCUT2D eigenvalue weighted by Crippen LogP contribution is 2.32. The molecule has 0 amide bonds. The molecule has 1 atom stereocenters. The molecule has 0 aliphatic heterocycles. The van der Waals surface area contributed by atoms with E-state index in [-0.39, 0.29) is 5.97 Å². The molecule has 1 aliphatic rings. The number of methoxy groups -OCH3 is 1. The molecule has 0 bridgehead atoms. The van der Waals surface area contributed by atoms with E-state index in [1.165, 1.54) is 20.0 Å². The molecule has 0 radical (unpaired) electrons. The van der Waals surface area contributed by atoms with Crippen LogP contribution in [0, 0.1) is 11.3 Å². The fourth-order valence-electron chi connectivity index (χ4n) is 1.53. The molecule has 1 saturated carbocycles. The maximum Gasteiger partial charge on any atom is 0.312 e. The lowest BCUT2D eigenvalue weighted by Gasteiger charge is -2.24. The molecule has 0 saturated heterocycles. The molecule has 0 heterocycles. The topological polar surface area (TPSA) is 38.3 Å². The van der Waals surface area contributed by atoms with Crippen LogP contribution in [-0.2, 0) is 9.53 Å². The minimum atomic E-state index is -0.419. The molecule has 1 N–H and O–H groups in total. The van der Waals surface area contributed by atoms with Gasteiger partial charge in [-0.05, 0) is 39.5 Å². The van der Waals surface area contributed by atoms with Crippen molar-refractivity contribution in [2.45, 2.75) is 39.7 Å². The highest BCUT2D eigenvalue weighted by Gasteiger charge is 2.32. The Morgan fingerprint density at radius 3 is 2.57 bits per heavy atom. The van der Waals surface area contributed by atoms with Gasteiger partial charge in [0.2, 0.25) is 0 Å². The van der Waals surface area contributed by atoms with Gasteiger partial charge < -0.3 is 10.1 Å². The summed E-state index contributed by atoms with van der Waals surface area (Å²) >= 11 is 0. The molecule has 0 aromatic carbocycles. The van der Waals surface area contributed by atoms with Crippen LogP contribution < -0.4 is 5.32 Å². The molecular formula is C11H21NO2. The van der Waals surface area contributed by atoms with Crippen molar-refractivity contribution < 1.29 is 9.53 Å². The van der Waals surface area contributed by atoms with E-state index in [2.05, 4.69) is 12.2 Å². The first-order valence-corrected chi connectivity index (χ1v) is 5.29. The Balaban J connectivity index is 2.30. The minimum Gasteiger partial charge on any atom is -0.469 e. The molecule has 3 heteroatoms. The number of hydrogen-bond acceptors (Lipinski definition) is 3. The molecule has 3 nitrogen and oxygen atoms in total. The molecule has 1 unspecified atom stereocenters. The highest BCUT2D eigenvalue weighted by molar-refractivity contribution is 5.76. The van der Waals surface area contributed by atoms with E-state index in [9.17, 15) is 4.79 Å². The summed E-state index contributed by atoms with van der Waals surface area (Å²) in [7, 11) is 1.44. The smallest absolute Gasteiger partial charge is 0.312 e. The standard InChI is InChI=1S/C11H21NO2/c1-8(9-5-6-9)12-7-11(2,3)10(13)14-4/h8-9,12H,5-7H2,1-4H3. The Morgan fingerprint density at radius 2 is 2.14 bits per heavy atom. The Hall–Kier alpha value is -0.570. The van der Waals surface area contributed by atoms with Crippen molar-refractivity contribution in [3.05, 3.63) is 0 Å². The van der Waals surface area contributed by atoms with E-state index in [1.54, 1.807) is 0 Å². The van der Waals surface area contributed by atoms with E-state index in [4.69, 9.17) is 4.74 Å². The summed E-state index contributed by atoms with van der Waals surface area (Å²) in [5, 5.41) is 3.40. The molecule has 0 aromatic heterocycles. The quantitative estimate of drug-likeness (QED) is 0.683. The highest BCUT2D eigenvalue weighted by atomic mass is 16.5. The van der Waals surface area contributed by atoms with E-state index < -0.39 is 5.41 Å². The van der Waals surface area contributed by atoms with E-state index in [0.29, 0.717) is 12.6 Å². The second-order valence-corrected chi connectivity index (χ2v) is 4.88. The molecule has 1 fully saturated rings. The van der Waals surface area contributed by atoms with Crippen molar-refractivity contribution in [2.24, 2.45) is 11.3 Å². The molecule has 0 spiro atoms. The minimum absolute atomic E-state index is 0.145. The van der Waals surface area contributed by atoms with Crippen LogP contribution in [0.1, 0.15) is 33.6 Å². The zero-order valence-corrected chi connectivity index (χ0v) is 9.59. The average Bonchev–Trinajstić information content (AvgIpc) is 2.96. The SMILES string of the molecule is COC(=O)C(C)(C)CNC(C)C1CC1. The Kier molecular flexibility index (Phi) is 3.53. The van der Waals surface area contributed by atoms with Crippen molar-refractivity contribution >= 4 is 5.97 Å². The lowest BCUT2D eigenvalue weighted by atomic mass is 9.93. The summed E-state index contributed by atoms with van der Waals surface area (Å²) in [6.45, 7) is 6.69.